The highest BCUT2D eigenvalue weighted by Gasteiger charge is 2.35. The molecule has 2 aromatic carbocycles. The SMILES string of the molecule is CN1CC(NC(=O)COc2ccccc2)CC1c1nc(-c2ccc(OC(F)(F)F)cc2)no1. The van der Waals surface area contributed by atoms with Gasteiger partial charge in [0.1, 0.15) is 11.5 Å². The fourth-order valence-corrected chi connectivity index (χ4v) is 3.62. The molecule has 33 heavy (non-hydrogen) atoms. The Morgan fingerprint density at radius 3 is 2.58 bits per heavy atom. The molecule has 1 aliphatic heterocycles. The Morgan fingerprint density at radius 2 is 1.88 bits per heavy atom. The van der Waals surface area contributed by atoms with Gasteiger partial charge in [-0.05, 0) is 49.9 Å². The van der Waals surface area contributed by atoms with Crippen LogP contribution in [0.1, 0.15) is 18.4 Å². The summed E-state index contributed by atoms with van der Waals surface area (Å²) in [4.78, 5) is 18.6. The third-order valence-corrected chi connectivity index (χ3v) is 5.10. The van der Waals surface area contributed by atoms with Crippen molar-refractivity contribution >= 4 is 5.91 Å². The molecule has 0 aliphatic carbocycles. The van der Waals surface area contributed by atoms with Crippen LogP contribution in [0.3, 0.4) is 0 Å². The fourth-order valence-electron chi connectivity index (χ4n) is 3.62. The van der Waals surface area contributed by atoms with Crippen LogP contribution < -0.4 is 14.8 Å². The first kappa shape index (κ1) is 22.6. The molecule has 0 saturated carbocycles. The van der Waals surface area contributed by atoms with Gasteiger partial charge >= 0.3 is 6.36 Å². The second-order valence-electron chi connectivity index (χ2n) is 7.59. The Morgan fingerprint density at radius 1 is 1.15 bits per heavy atom. The number of likely N-dealkylation sites (tertiary alicyclic amines) is 1. The molecule has 11 heteroatoms. The third kappa shape index (κ3) is 6.01. The van der Waals surface area contributed by atoms with Crippen molar-refractivity contribution in [3.63, 3.8) is 0 Å². The van der Waals surface area contributed by atoms with E-state index >= 15 is 0 Å². The molecule has 1 aromatic heterocycles. The molecule has 4 rings (SSSR count). The van der Waals surface area contributed by atoms with E-state index in [-0.39, 0.29) is 36.2 Å². The average molecular weight is 462 g/mol. The molecule has 0 spiro atoms. The van der Waals surface area contributed by atoms with Crippen molar-refractivity contribution in [3.8, 4) is 22.9 Å². The predicted octanol–water partition coefficient (Wildman–Crippen LogP) is 3.58. The lowest BCUT2D eigenvalue weighted by Crippen LogP contribution is -2.39. The quantitative estimate of drug-likeness (QED) is 0.574. The van der Waals surface area contributed by atoms with Crippen LogP contribution >= 0.6 is 0 Å². The van der Waals surface area contributed by atoms with Gasteiger partial charge < -0.3 is 19.3 Å². The molecule has 1 saturated heterocycles. The molecule has 8 nitrogen and oxygen atoms in total. The average Bonchev–Trinajstić information content (AvgIpc) is 3.39. The number of likely N-dealkylation sites (N-methyl/N-ethyl adjacent to an activating group) is 1. The van der Waals surface area contributed by atoms with Crippen molar-refractivity contribution in [3.05, 3.63) is 60.5 Å². The van der Waals surface area contributed by atoms with Crippen molar-refractivity contribution < 1.29 is 32.0 Å². The Labute approximate surface area is 187 Å². The van der Waals surface area contributed by atoms with E-state index in [1.807, 2.05) is 30.1 Å². The molecule has 0 radical (unpaired) electrons. The predicted molar refractivity (Wildman–Crippen MR) is 110 cm³/mol. The summed E-state index contributed by atoms with van der Waals surface area (Å²) in [5.41, 5.74) is 0.489. The number of hydrogen-bond donors (Lipinski definition) is 1. The lowest BCUT2D eigenvalue weighted by atomic mass is 10.1. The van der Waals surface area contributed by atoms with E-state index in [9.17, 15) is 18.0 Å². The van der Waals surface area contributed by atoms with Crippen molar-refractivity contribution in [1.82, 2.24) is 20.4 Å². The zero-order valence-electron chi connectivity index (χ0n) is 17.6. The van der Waals surface area contributed by atoms with E-state index in [0.29, 0.717) is 30.2 Å². The van der Waals surface area contributed by atoms with Gasteiger partial charge in [0.2, 0.25) is 11.7 Å². The maximum Gasteiger partial charge on any atom is 0.573 e. The number of nitrogens with one attached hydrogen (secondary N) is 1. The topological polar surface area (TPSA) is 89.7 Å². The van der Waals surface area contributed by atoms with Gasteiger partial charge in [-0.2, -0.15) is 4.98 Å². The van der Waals surface area contributed by atoms with Gasteiger partial charge in [-0.3, -0.25) is 9.69 Å². The fraction of sp³-hybridized carbons (Fsp3) is 0.318. The summed E-state index contributed by atoms with van der Waals surface area (Å²) in [6.45, 7) is 0.497. The maximum absolute atomic E-state index is 12.3. The zero-order valence-corrected chi connectivity index (χ0v) is 17.6. The summed E-state index contributed by atoms with van der Waals surface area (Å²) < 4.78 is 51.7. The minimum Gasteiger partial charge on any atom is -0.484 e. The van der Waals surface area contributed by atoms with Crippen LogP contribution in [0.2, 0.25) is 0 Å². The molecule has 2 atom stereocenters. The van der Waals surface area contributed by atoms with Crippen LogP contribution in [0.25, 0.3) is 11.4 Å². The van der Waals surface area contributed by atoms with Gasteiger partial charge in [-0.15, -0.1) is 13.2 Å². The normalized spacial score (nSPS) is 18.8. The highest BCUT2D eigenvalue weighted by atomic mass is 19.4. The highest BCUT2D eigenvalue weighted by molar-refractivity contribution is 5.77. The van der Waals surface area contributed by atoms with Crippen molar-refractivity contribution in [2.45, 2.75) is 24.9 Å². The Balaban J connectivity index is 1.33. The number of rotatable bonds is 7. The first-order valence-corrected chi connectivity index (χ1v) is 10.1. The summed E-state index contributed by atoms with van der Waals surface area (Å²) in [6, 6.07) is 13.9. The molecule has 174 valence electrons. The maximum atomic E-state index is 12.3. The van der Waals surface area contributed by atoms with E-state index < -0.39 is 6.36 Å². The smallest absolute Gasteiger partial charge is 0.484 e. The molecule has 3 aromatic rings. The number of ether oxygens (including phenoxy) is 2. The second-order valence-corrected chi connectivity index (χ2v) is 7.59. The monoisotopic (exact) mass is 462 g/mol. The van der Waals surface area contributed by atoms with E-state index in [2.05, 4.69) is 20.2 Å². The first-order chi connectivity index (χ1) is 15.8. The van der Waals surface area contributed by atoms with Gasteiger partial charge in [-0.25, -0.2) is 0 Å². The summed E-state index contributed by atoms with van der Waals surface area (Å²) in [6.07, 6.45) is -4.19. The molecule has 0 bridgehead atoms. The standard InChI is InChI=1S/C22H21F3N4O4/c1-29-12-15(26-19(30)13-31-16-5-3-2-4-6-16)11-18(29)21-27-20(28-33-21)14-7-9-17(10-8-14)32-22(23,24)25/h2-10,15,18H,11-13H2,1H3,(H,26,30). The second kappa shape index (κ2) is 9.49. The van der Waals surface area contributed by atoms with Crippen molar-refractivity contribution in [2.75, 3.05) is 20.2 Å². The van der Waals surface area contributed by atoms with Crippen molar-refractivity contribution in [1.29, 1.82) is 0 Å². The minimum absolute atomic E-state index is 0.0896. The number of para-hydroxylation sites is 1. The Hall–Kier alpha value is -3.60. The largest absolute Gasteiger partial charge is 0.573 e. The Kier molecular flexibility index (Phi) is 6.50. The lowest BCUT2D eigenvalue weighted by Gasteiger charge is -2.14. The zero-order chi connectivity index (χ0) is 23.4. The summed E-state index contributed by atoms with van der Waals surface area (Å²) in [7, 11) is 1.88. The number of nitrogens with zero attached hydrogens (tertiary/aromatic N) is 3. The number of aromatic nitrogens is 2. The van der Waals surface area contributed by atoms with Crippen LogP contribution in [0, 0.1) is 0 Å². The van der Waals surface area contributed by atoms with E-state index in [1.54, 1.807) is 12.1 Å². The summed E-state index contributed by atoms with van der Waals surface area (Å²) in [5, 5.41) is 6.88. The lowest BCUT2D eigenvalue weighted by molar-refractivity contribution is -0.274. The van der Waals surface area contributed by atoms with Crippen LogP contribution in [-0.4, -0.2) is 53.6 Å². The minimum atomic E-state index is -4.76. The molecule has 2 unspecified atom stereocenters. The Bertz CT molecular complexity index is 1070. The number of carbonyl (C=O) groups excluding carboxylic acids is 1. The van der Waals surface area contributed by atoms with Crippen LogP contribution in [-0.2, 0) is 4.79 Å². The van der Waals surface area contributed by atoms with E-state index in [0.717, 1.165) is 0 Å². The number of hydrogen-bond acceptors (Lipinski definition) is 7. The molecular weight excluding hydrogens is 441 g/mol. The number of alkyl halides is 3. The highest BCUT2D eigenvalue weighted by Crippen LogP contribution is 2.31. The number of benzene rings is 2. The van der Waals surface area contributed by atoms with Gasteiger partial charge in [0.05, 0.1) is 6.04 Å². The van der Waals surface area contributed by atoms with Crippen LogP contribution in [0.15, 0.2) is 59.1 Å². The summed E-state index contributed by atoms with van der Waals surface area (Å²) >= 11 is 0. The van der Waals surface area contributed by atoms with Crippen LogP contribution in [0.5, 0.6) is 11.5 Å². The van der Waals surface area contributed by atoms with Gasteiger partial charge in [-0.1, -0.05) is 23.4 Å². The molecule has 1 amide bonds. The molecule has 1 fully saturated rings. The molecule has 2 heterocycles. The molecule has 1 N–H and O–H groups in total. The molecule has 1 aliphatic rings. The van der Waals surface area contributed by atoms with Crippen molar-refractivity contribution in [2.24, 2.45) is 0 Å². The first-order valence-electron chi connectivity index (χ1n) is 10.1. The summed E-state index contributed by atoms with van der Waals surface area (Å²) in [5.74, 6) is 0.664. The van der Waals surface area contributed by atoms with Gasteiger partial charge in [0.15, 0.2) is 6.61 Å². The van der Waals surface area contributed by atoms with E-state index in [1.165, 1.54) is 24.3 Å². The number of amides is 1. The van der Waals surface area contributed by atoms with Gasteiger partial charge in [0.25, 0.3) is 5.91 Å². The van der Waals surface area contributed by atoms with E-state index in [4.69, 9.17) is 9.26 Å². The third-order valence-electron chi connectivity index (χ3n) is 5.10. The molecular formula is C22H21F3N4O4. The van der Waals surface area contributed by atoms with Gasteiger partial charge in [0, 0.05) is 18.2 Å². The number of carbonyl (C=O) groups is 1. The number of halogens is 3. The van der Waals surface area contributed by atoms with Crippen LogP contribution in [0.4, 0.5) is 13.2 Å².